The minimum atomic E-state index is -0.706. The average molecular weight is 281 g/mol. The van der Waals surface area contributed by atoms with E-state index in [1.807, 2.05) is 0 Å². The fourth-order valence-corrected chi connectivity index (χ4v) is 2.44. The molecule has 0 amide bonds. The molecule has 1 fully saturated rings. The van der Waals surface area contributed by atoms with E-state index in [2.05, 4.69) is 15.1 Å². The first-order valence-corrected chi connectivity index (χ1v) is 6.16. The molecule has 10 heteroatoms. The third-order valence-electron chi connectivity index (χ3n) is 3.31. The molecule has 1 saturated heterocycles. The lowest BCUT2D eigenvalue weighted by Crippen LogP contribution is -2.32. The van der Waals surface area contributed by atoms with Gasteiger partial charge in [-0.25, -0.2) is 4.68 Å². The highest BCUT2D eigenvalue weighted by Gasteiger charge is 2.29. The van der Waals surface area contributed by atoms with Crippen LogP contribution in [0.3, 0.4) is 0 Å². The number of nitrogens with zero attached hydrogens (tertiary/aromatic N) is 7. The second-order valence-corrected chi connectivity index (χ2v) is 4.72. The standard InChI is InChI=1S/C10H15N7O3/c1-15-10(9(5-12-15)17(19)20)16-3-2-7(13-14-11)4-8(18)6-16/h5,7-8,18H,2-4,6H2,1H3/t7-,8+/m0/s1. The van der Waals surface area contributed by atoms with E-state index in [1.165, 1.54) is 10.9 Å². The Morgan fingerprint density at radius 1 is 1.70 bits per heavy atom. The van der Waals surface area contributed by atoms with Crippen molar-refractivity contribution in [1.29, 1.82) is 0 Å². The number of aliphatic hydroxyl groups is 1. The fraction of sp³-hybridized carbons (Fsp3) is 0.700. The van der Waals surface area contributed by atoms with Crippen molar-refractivity contribution in [3.63, 3.8) is 0 Å². The van der Waals surface area contributed by atoms with Crippen LogP contribution in [0, 0.1) is 10.1 Å². The van der Waals surface area contributed by atoms with E-state index in [9.17, 15) is 15.2 Å². The molecule has 1 N–H and O–H groups in total. The highest BCUT2D eigenvalue weighted by molar-refractivity contribution is 5.57. The van der Waals surface area contributed by atoms with Gasteiger partial charge in [0.05, 0.1) is 11.0 Å². The number of anilines is 1. The molecule has 10 nitrogen and oxygen atoms in total. The van der Waals surface area contributed by atoms with E-state index >= 15 is 0 Å². The monoisotopic (exact) mass is 281 g/mol. The van der Waals surface area contributed by atoms with Crippen LogP contribution < -0.4 is 4.90 Å². The average Bonchev–Trinajstić information content (AvgIpc) is 2.67. The van der Waals surface area contributed by atoms with E-state index in [4.69, 9.17) is 5.53 Å². The van der Waals surface area contributed by atoms with Crippen molar-refractivity contribution in [2.24, 2.45) is 12.2 Å². The van der Waals surface area contributed by atoms with E-state index in [-0.39, 0.29) is 18.3 Å². The molecular weight excluding hydrogens is 266 g/mol. The molecule has 108 valence electrons. The molecule has 2 heterocycles. The Balaban J connectivity index is 2.27. The van der Waals surface area contributed by atoms with Crippen LogP contribution in [0.25, 0.3) is 10.4 Å². The van der Waals surface area contributed by atoms with Crippen molar-refractivity contribution in [3.8, 4) is 0 Å². The largest absolute Gasteiger partial charge is 0.391 e. The molecular formula is C10H15N7O3. The quantitative estimate of drug-likeness (QED) is 0.289. The van der Waals surface area contributed by atoms with Gasteiger partial charge in [0.2, 0.25) is 5.82 Å². The Labute approximate surface area is 114 Å². The zero-order chi connectivity index (χ0) is 14.7. The number of hydrogen-bond acceptors (Lipinski definition) is 6. The van der Waals surface area contributed by atoms with Crippen LogP contribution in [0.5, 0.6) is 0 Å². The Morgan fingerprint density at radius 3 is 3.10 bits per heavy atom. The van der Waals surface area contributed by atoms with Gasteiger partial charge >= 0.3 is 5.69 Å². The molecule has 0 spiro atoms. The van der Waals surface area contributed by atoms with Gasteiger partial charge in [-0.3, -0.25) is 10.1 Å². The summed E-state index contributed by atoms with van der Waals surface area (Å²) in [5, 5.41) is 28.5. The van der Waals surface area contributed by atoms with Crippen LogP contribution in [0.1, 0.15) is 12.8 Å². The van der Waals surface area contributed by atoms with Gasteiger partial charge < -0.3 is 10.0 Å². The number of rotatable bonds is 3. The summed E-state index contributed by atoms with van der Waals surface area (Å²) in [4.78, 5) is 15.0. The molecule has 1 aromatic rings. The summed E-state index contributed by atoms with van der Waals surface area (Å²) in [6.45, 7) is 0.707. The molecule has 0 bridgehead atoms. The van der Waals surface area contributed by atoms with E-state index < -0.39 is 11.0 Å². The fourth-order valence-electron chi connectivity index (χ4n) is 2.44. The maximum atomic E-state index is 11.0. The van der Waals surface area contributed by atoms with Crippen LogP contribution in [0.15, 0.2) is 11.3 Å². The van der Waals surface area contributed by atoms with E-state index in [0.29, 0.717) is 25.2 Å². The Hall–Kier alpha value is -2.32. The Bertz CT molecular complexity index is 551. The van der Waals surface area contributed by atoms with Crippen LogP contribution in [0.4, 0.5) is 11.5 Å². The van der Waals surface area contributed by atoms with Crippen molar-refractivity contribution in [2.45, 2.75) is 25.0 Å². The van der Waals surface area contributed by atoms with E-state index in [1.54, 1.807) is 11.9 Å². The molecule has 1 aliphatic heterocycles. The molecule has 2 rings (SSSR count). The minimum Gasteiger partial charge on any atom is -0.391 e. The van der Waals surface area contributed by atoms with Crippen LogP contribution in [-0.2, 0) is 7.05 Å². The number of azide groups is 1. The van der Waals surface area contributed by atoms with Gasteiger partial charge in [0.25, 0.3) is 0 Å². The summed E-state index contributed by atoms with van der Waals surface area (Å²) in [5.74, 6) is 0.357. The van der Waals surface area contributed by atoms with Gasteiger partial charge in [-0.1, -0.05) is 5.11 Å². The molecule has 0 saturated carbocycles. The number of aryl methyl sites for hydroxylation is 1. The number of hydrogen-bond donors (Lipinski definition) is 1. The van der Waals surface area contributed by atoms with Gasteiger partial charge in [-0.2, -0.15) is 5.10 Å². The Kier molecular flexibility index (Phi) is 4.06. The van der Waals surface area contributed by atoms with Crippen molar-refractivity contribution in [1.82, 2.24) is 9.78 Å². The number of aromatic nitrogens is 2. The third-order valence-corrected chi connectivity index (χ3v) is 3.31. The molecule has 1 aromatic heterocycles. The van der Waals surface area contributed by atoms with Crippen molar-refractivity contribution in [2.75, 3.05) is 18.0 Å². The number of aliphatic hydroxyl groups excluding tert-OH is 1. The van der Waals surface area contributed by atoms with Gasteiger partial charge in [0.15, 0.2) is 0 Å². The predicted octanol–water partition coefficient (Wildman–Crippen LogP) is 0.968. The van der Waals surface area contributed by atoms with Gasteiger partial charge in [0.1, 0.15) is 6.20 Å². The van der Waals surface area contributed by atoms with Gasteiger partial charge in [0, 0.05) is 31.1 Å². The highest BCUT2D eigenvalue weighted by atomic mass is 16.6. The van der Waals surface area contributed by atoms with Crippen LogP contribution >= 0.6 is 0 Å². The predicted molar refractivity (Wildman–Crippen MR) is 70.3 cm³/mol. The van der Waals surface area contributed by atoms with Crippen molar-refractivity contribution >= 4 is 11.5 Å². The number of nitro groups is 1. The first-order chi connectivity index (χ1) is 9.52. The SMILES string of the molecule is Cn1ncc([N+](=O)[O-])c1N1CC[C@H](N=[N+]=[N-])C[C@@H](O)C1. The van der Waals surface area contributed by atoms with Crippen LogP contribution in [0.2, 0.25) is 0 Å². The van der Waals surface area contributed by atoms with Crippen LogP contribution in [-0.4, -0.2) is 45.0 Å². The highest BCUT2D eigenvalue weighted by Crippen LogP contribution is 2.29. The lowest BCUT2D eigenvalue weighted by atomic mass is 10.1. The molecule has 20 heavy (non-hydrogen) atoms. The minimum absolute atomic E-state index is 0.0954. The topological polar surface area (TPSA) is 133 Å². The normalized spacial score (nSPS) is 23.0. The zero-order valence-corrected chi connectivity index (χ0v) is 11.0. The maximum absolute atomic E-state index is 11.0. The number of β-amino-alcohol motifs (C(OH)–C–C–N with tert-alkyl or cyclic N) is 1. The lowest BCUT2D eigenvalue weighted by Gasteiger charge is -2.23. The third kappa shape index (κ3) is 2.81. The molecule has 2 atom stereocenters. The second kappa shape index (κ2) is 5.76. The second-order valence-electron chi connectivity index (χ2n) is 4.72. The molecule has 0 aromatic carbocycles. The summed E-state index contributed by atoms with van der Waals surface area (Å²) in [5.41, 5.74) is 8.37. The first-order valence-electron chi connectivity index (χ1n) is 6.16. The van der Waals surface area contributed by atoms with Gasteiger partial charge in [-0.15, -0.1) is 0 Å². The molecule has 0 radical (unpaired) electrons. The summed E-state index contributed by atoms with van der Waals surface area (Å²) in [6, 6.07) is -0.299. The zero-order valence-electron chi connectivity index (χ0n) is 11.0. The van der Waals surface area contributed by atoms with Crippen molar-refractivity contribution < 1.29 is 10.0 Å². The van der Waals surface area contributed by atoms with Gasteiger partial charge in [-0.05, 0) is 18.4 Å². The summed E-state index contributed by atoms with van der Waals surface area (Å²) < 4.78 is 1.42. The summed E-state index contributed by atoms with van der Waals surface area (Å²) in [7, 11) is 1.62. The van der Waals surface area contributed by atoms with E-state index in [0.717, 1.165) is 0 Å². The lowest BCUT2D eigenvalue weighted by molar-refractivity contribution is -0.384. The maximum Gasteiger partial charge on any atom is 0.331 e. The molecule has 1 aliphatic rings. The molecule has 0 aliphatic carbocycles. The summed E-state index contributed by atoms with van der Waals surface area (Å²) >= 11 is 0. The summed E-state index contributed by atoms with van der Waals surface area (Å²) in [6.07, 6.45) is 1.37. The smallest absolute Gasteiger partial charge is 0.331 e. The van der Waals surface area contributed by atoms with Crippen molar-refractivity contribution in [3.05, 3.63) is 26.8 Å². The first kappa shape index (κ1) is 14.1. The Morgan fingerprint density at radius 2 is 2.45 bits per heavy atom. The molecule has 0 unspecified atom stereocenters.